The first-order valence-electron chi connectivity index (χ1n) is 3.65. The smallest absolute Gasteiger partial charge is 0.0555 e. The fraction of sp³-hybridized carbons (Fsp3) is 1.00. The monoisotopic (exact) mass is 145 g/mol. The summed E-state index contributed by atoms with van der Waals surface area (Å²) in [7, 11) is 0. The second kappa shape index (κ2) is 3.47. The van der Waals surface area contributed by atoms with Crippen LogP contribution in [0.4, 0.5) is 0 Å². The second-order valence-corrected chi connectivity index (χ2v) is 4.09. The van der Waals surface area contributed by atoms with Gasteiger partial charge in [0.05, 0.1) is 5.37 Å². The maximum absolute atomic E-state index is 3.48. The van der Waals surface area contributed by atoms with Gasteiger partial charge in [-0.3, -0.25) is 0 Å². The van der Waals surface area contributed by atoms with Crippen molar-refractivity contribution in [3.63, 3.8) is 0 Å². The van der Waals surface area contributed by atoms with Crippen LogP contribution in [0.3, 0.4) is 0 Å². The van der Waals surface area contributed by atoms with E-state index in [9.17, 15) is 0 Å². The van der Waals surface area contributed by atoms with Gasteiger partial charge in [-0.25, -0.2) is 0 Å². The maximum Gasteiger partial charge on any atom is 0.0555 e. The van der Waals surface area contributed by atoms with E-state index in [1.807, 2.05) is 0 Å². The third-order valence-electron chi connectivity index (χ3n) is 1.57. The van der Waals surface area contributed by atoms with Gasteiger partial charge in [0, 0.05) is 0 Å². The van der Waals surface area contributed by atoms with Gasteiger partial charge < -0.3 is 5.32 Å². The molecule has 9 heavy (non-hydrogen) atoms. The topological polar surface area (TPSA) is 12.0 Å². The van der Waals surface area contributed by atoms with Gasteiger partial charge >= 0.3 is 0 Å². The molecule has 1 nitrogen and oxygen atoms in total. The highest BCUT2D eigenvalue weighted by molar-refractivity contribution is 7.99. The Morgan fingerprint density at radius 3 is 2.67 bits per heavy atom. The van der Waals surface area contributed by atoms with E-state index in [-0.39, 0.29) is 0 Å². The Morgan fingerprint density at radius 2 is 2.33 bits per heavy atom. The van der Waals surface area contributed by atoms with Crippen molar-refractivity contribution in [3.8, 4) is 0 Å². The summed E-state index contributed by atoms with van der Waals surface area (Å²) in [4.78, 5) is 0. The molecular weight excluding hydrogens is 130 g/mol. The molecule has 0 aliphatic carbocycles. The molecule has 2 heteroatoms. The highest BCUT2D eigenvalue weighted by Gasteiger charge is 2.15. The van der Waals surface area contributed by atoms with Gasteiger partial charge in [-0.1, -0.05) is 13.8 Å². The molecule has 0 amide bonds. The first-order chi connectivity index (χ1) is 4.30. The molecule has 54 valence electrons. The van der Waals surface area contributed by atoms with Gasteiger partial charge in [0.25, 0.3) is 0 Å². The van der Waals surface area contributed by atoms with E-state index in [0.29, 0.717) is 0 Å². The van der Waals surface area contributed by atoms with Crippen LogP contribution in [0.5, 0.6) is 0 Å². The van der Waals surface area contributed by atoms with Crippen molar-refractivity contribution in [2.24, 2.45) is 5.92 Å². The molecule has 0 saturated carbocycles. The first kappa shape index (κ1) is 7.42. The summed E-state index contributed by atoms with van der Waals surface area (Å²) in [5, 5.41) is 4.20. The average molecular weight is 145 g/mol. The predicted molar refractivity (Wildman–Crippen MR) is 43.7 cm³/mol. The lowest BCUT2D eigenvalue weighted by Crippen LogP contribution is -2.35. The Kier molecular flexibility index (Phi) is 2.86. The van der Waals surface area contributed by atoms with E-state index >= 15 is 0 Å². The molecule has 1 aliphatic rings. The highest BCUT2D eigenvalue weighted by atomic mass is 32.2. The van der Waals surface area contributed by atoms with Gasteiger partial charge in [-0.05, 0) is 24.6 Å². The fourth-order valence-electron chi connectivity index (χ4n) is 1.01. The zero-order valence-electron chi connectivity index (χ0n) is 6.18. The molecule has 0 radical (unpaired) electrons. The number of rotatable bonds is 1. The lowest BCUT2D eigenvalue weighted by atomic mass is 10.2. The Bertz CT molecular complexity index is 77.0. The molecular formula is C7H15NS. The number of thioether (sulfide) groups is 1. The first-order valence-corrected chi connectivity index (χ1v) is 4.70. The van der Waals surface area contributed by atoms with Crippen LogP contribution < -0.4 is 5.32 Å². The third-order valence-corrected chi connectivity index (χ3v) is 3.16. The largest absolute Gasteiger partial charge is 0.305 e. The Balaban J connectivity index is 2.23. The van der Waals surface area contributed by atoms with Gasteiger partial charge in [0.2, 0.25) is 0 Å². The van der Waals surface area contributed by atoms with Gasteiger partial charge in [0.15, 0.2) is 0 Å². The molecule has 1 unspecified atom stereocenters. The van der Waals surface area contributed by atoms with Crippen LogP contribution in [-0.4, -0.2) is 17.7 Å². The molecule has 1 fully saturated rings. The van der Waals surface area contributed by atoms with Crippen LogP contribution in [-0.2, 0) is 0 Å². The molecule has 0 aromatic rings. The highest BCUT2D eigenvalue weighted by Crippen LogP contribution is 2.20. The van der Waals surface area contributed by atoms with E-state index < -0.39 is 0 Å². The zero-order chi connectivity index (χ0) is 6.69. The van der Waals surface area contributed by atoms with Crippen LogP contribution in [0, 0.1) is 5.92 Å². The van der Waals surface area contributed by atoms with Gasteiger partial charge in [-0.15, -0.1) is 11.8 Å². The van der Waals surface area contributed by atoms with Crippen molar-refractivity contribution >= 4 is 11.8 Å². The Hall–Kier alpha value is 0.310. The van der Waals surface area contributed by atoms with Gasteiger partial charge in [0.1, 0.15) is 0 Å². The quantitative estimate of drug-likeness (QED) is 0.602. The molecule has 0 aromatic carbocycles. The SMILES string of the molecule is CC(C)C1NCCCS1. The molecule has 1 atom stereocenters. The van der Waals surface area contributed by atoms with Crippen molar-refractivity contribution in [1.82, 2.24) is 5.32 Å². The summed E-state index contributed by atoms with van der Waals surface area (Å²) in [6.45, 7) is 5.77. The second-order valence-electron chi connectivity index (χ2n) is 2.84. The molecule has 1 heterocycles. The maximum atomic E-state index is 3.48. The minimum Gasteiger partial charge on any atom is -0.305 e. The van der Waals surface area contributed by atoms with Crippen LogP contribution in [0.1, 0.15) is 20.3 Å². The Morgan fingerprint density at radius 1 is 1.56 bits per heavy atom. The zero-order valence-corrected chi connectivity index (χ0v) is 7.00. The average Bonchev–Trinajstić information content (AvgIpc) is 1.90. The summed E-state index contributed by atoms with van der Waals surface area (Å²) in [5.41, 5.74) is 0. The standard InChI is InChI=1S/C7H15NS/c1-6(2)7-8-4-3-5-9-7/h6-8H,3-5H2,1-2H3. The summed E-state index contributed by atoms with van der Waals surface area (Å²) >= 11 is 2.06. The van der Waals surface area contributed by atoms with Crippen LogP contribution in [0.2, 0.25) is 0 Å². The van der Waals surface area contributed by atoms with Gasteiger partial charge in [-0.2, -0.15) is 0 Å². The van der Waals surface area contributed by atoms with Crippen molar-refractivity contribution in [2.45, 2.75) is 25.6 Å². The molecule has 0 aromatic heterocycles. The van der Waals surface area contributed by atoms with E-state index in [4.69, 9.17) is 0 Å². The van der Waals surface area contributed by atoms with E-state index in [2.05, 4.69) is 30.9 Å². The lowest BCUT2D eigenvalue weighted by molar-refractivity contribution is 0.501. The summed E-state index contributed by atoms with van der Waals surface area (Å²) in [6.07, 6.45) is 1.34. The van der Waals surface area contributed by atoms with Crippen molar-refractivity contribution in [1.29, 1.82) is 0 Å². The van der Waals surface area contributed by atoms with E-state index in [1.54, 1.807) is 0 Å². The normalized spacial score (nSPS) is 29.0. The number of hydrogen-bond donors (Lipinski definition) is 1. The van der Waals surface area contributed by atoms with Crippen molar-refractivity contribution in [2.75, 3.05) is 12.3 Å². The minimum absolute atomic E-state index is 0.721. The number of nitrogens with one attached hydrogen (secondary N) is 1. The fourth-order valence-corrected chi connectivity index (χ4v) is 2.20. The third kappa shape index (κ3) is 2.18. The predicted octanol–water partition coefficient (Wildman–Crippen LogP) is 1.69. The van der Waals surface area contributed by atoms with E-state index in [1.165, 1.54) is 18.7 Å². The van der Waals surface area contributed by atoms with Crippen LogP contribution >= 0.6 is 11.8 Å². The summed E-state index contributed by atoms with van der Waals surface area (Å²) in [5.74, 6) is 2.13. The molecule has 0 bridgehead atoms. The molecule has 0 spiro atoms. The van der Waals surface area contributed by atoms with Crippen molar-refractivity contribution < 1.29 is 0 Å². The lowest BCUT2D eigenvalue weighted by Gasteiger charge is -2.25. The Labute approximate surface area is 61.6 Å². The summed E-state index contributed by atoms with van der Waals surface area (Å²) in [6, 6.07) is 0. The number of hydrogen-bond acceptors (Lipinski definition) is 2. The summed E-state index contributed by atoms with van der Waals surface area (Å²) < 4.78 is 0. The minimum atomic E-state index is 0.721. The van der Waals surface area contributed by atoms with Crippen LogP contribution in [0.15, 0.2) is 0 Å². The van der Waals surface area contributed by atoms with E-state index in [0.717, 1.165) is 11.3 Å². The molecule has 1 aliphatic heterocycles. The molecule has 1 N–H and O–H groups in total. The molecule has 1 saturated heterocycles. The van der Waals surface area contributed by atoms with Crippen LogP contribution in [0.25, 0.3) is 0 Å². The molecule has 1 rings (SSSR count). The van der Waals surface area contributed by atoms with Crippen molar-refractivity contribution in [3.05, 3.63) is 0 Å².